The van der Waals surface area contributed by atoms with Gasteiger partial charge in [0.2, 0.25) is 0 Å². The van der Waals surface area contributed by atoms with E-state index in [-0.39, 0.29) is 5.82 Å². The molecule has 7 heteroatoms. The summed E-state index contributed by atoms with van der Waals surface area (Å²) < 4.78 is 19.2. The van der Waals surface area contributed by atoms with Gasteiger partial charge in [0, 0.05) is 48.5 Å². The number of halogens is 2. The largest absolute Gasteiger partial charge is 0.369 e. The number of hydrogen-bond donors (Lipinski definition) is 1. The van der Waals surface area contributed by atoms with Gasteiger partial charge in [-0.3, -0.25) is 4.90 Å². The topological polar surface area (TPSA) is 44.5 Å². The van der Waals surface area contributed by atoms with Crippen molar-refractivity contribution in [3.05, 3.63) is 71.2 Å². The van der Waals surface area contributed by atoms with Gasteiger partial charge in [0.25, 0.3) is 0 Å². The normalized spacial score (nSPS) is 14.9. The number of anilines is 1. The fraction of sp³-hybridized carbons (Fsp3) is 0.348. The van der Waals surface area contributed by atoms with Crippen LogP contribution in [-0.2, 0) is 6.54 Å². The van der Waals surface area contributed by atoms with Crippen molar-refractivity contribution in [1.29, 1.82) is 0 Å². The Morgan fingerprint density at radius 1 is 1.03 bits per heavy atom. The molecule has 1 aromatic heterocycles. The Morgan fingerprint density at radius 3 is 2.67 bits per heavy atom. The minimum atomic E-state index is -0.291. The zero-order valence-electron chi connectivity index (χ0n) is 16.9. The third kappa shape index (κ3) is 5.39. The van der Waals surface area contributed by atoms with Crippen molar-refractivity contribution >= 4 is 17.3 Å². The average Bonchev–Trinajstić information content (AvgIpc) is 3.23. The van der Waals surface area contributed by atoms with E-state index in [0.29, 0.717) is 23.6 Å². The number of nitrogens with one attached hydrogen (secondary N) is 1. The first-order valence-electron chi connectivity index (χ1n) is 10.3. The summed E-state index contributed by atoms with van der Waals surface area (Å²) >= 11 is 6.10. The molecule has 0 amide bonds. The van der Waals surface area contributed by atoms with Crippen LogP contribution in [0, 0.1) is 5.82 Å². The summed E-state index contributed by atoms with van der Waals surface area (Å²) in [4.78, 5) is 4.88. The number of benzene rings is 2. The van der Waals surface area contributed by atoms with Gasteiger partial charge >= 0.3 is 0 Å². The molecule has 1 aliphatic heterocycles. The van der Waals surface area contributed by atoms with Gasteiger partial charge in [-0.2, -0.15) is 0 Å². The molecule has 0 spiro atoms. The van der Waals surface area contributed by atoms with Crippen LogP contribution in [0.4, 0.5) is 10.1 Å². The van der Waals surface area contributed by atoms with Crippen LogP contribution in [-0.4, -0.2) is 49.3 Å². The zero-order valence-corrected chi connectivity index (χ0v) is 17.6. The summed E-state index contributed by atoms with van der Waals surface area (Å²) in [6, 6.07) is 16.4. The number of piperazine rings is 1. The Labute approximate surface area is 181 Å². The predicted molar refractivity (Wildman–Crippen MR) is 118 cm³/mol. The molecular formula is C23H26ClFN4O. The van der Waals surface area contributed by atoms with Crippen molar-refractivity contribution in [3.63, 3.8) is 0 Å². The highest BCUT2D eigenvalue weighted by molar-refractivity contribution is 6.30. The number of aromatic nitrogens is 1. The minimum absolute atomic E-state index is 0.291. The molecule has 2 aromatic carbocycles. The summed E-state index contributed by atoms with van der Waals surface area (Å²) in [7, 11) is 0. The highest BCUT2D eigenvalue weighted by atomic mass is 35.5. The summed E-state index contributed by atoms with van der Waals surface area (Å²) in [5, 5.41) is 8.15. The highest BCUT2D eigenvalue weighted by Gasteiger charge is 2.17. The van der Waals surface area contributed by atoms with E-state index >= 15 is 0 Å². The lowest BCUT2D eigenvalue weighted by Crippen LogP contribution is -2.47. The molecule has 0 unspecified atom stereocenters. The van der Waals surface area contributed by atoms with Crippen molar-refractivity contribution in [2.45, 2.75) is 13.0 Å². The summed E-state index contributed by atoms with van der Waals surface area (Å²) in [6.07, 6.45) is 1.06. The Hall–Kier alpha value is -2.41. The van der Waals surface area contributed by atoms with Crippen LogP contribution >= 0.6 is 11.6 Å². The molecule has 0 radical (unpaired) electrons. The maximum absolute atomic E-state index is 13.8. The lowest BCUT2D eigenvalue weighted by atomic mass is 10.1. The monoisotopic (exact) mass is 428 g/mol. The van der Waals surface area contributed by atoms with Crippen LogP contribution in [0.1, 0.15) is 12.2 Å². The molecule has 0 bridgehead atoms. The minimum Gasteiger partial charge on any atom is -0.369 e. The Bertz CT molecular complexity index is 956. The van der Waals surface area contributed by atoms with Gasteiger partial charge in [0.15, 0.2) is 5.76 Å². The van der Waals surface area contributed by atoms with Crippen LogP contribution in [0.15, 0.2) is 59.1 Å². The lowest BCUT2D eigenvalue weighted by molar-refractivity contribution is 0.253. The van der Waals surface area contributed by atoms with Crippen LogP contribution in [0.25, 0.3) is 11.3 Å². The number of nitrogens with zero attached hydrogens (tertiary/aromatic N) is 3. The van der Waals surface area contributed by atoms with E-state index in [1.54, 1.807) is 24.3 Å². The molecule has 1 aliphatic rings. The predicted octanol–water partition coefficient (Wildman–Crippen LogP) is 4.44. The van der Waals surface area contributed by atoms with Gasteiger partial charge in [0.05, 0.1) is 6.54 Å². The van der Waals surface area contributed by atoms with E-state index in [0.717, 1.165) is 50.7 Å². The van der Waals surface area contributed by atoms with Gasteiger partial charge in [-0.1, -0.05) is 35.0 Å². The fourth-order valence-corrected chi connectivity index (χ4v) is 3.92. The van der Waals surface area contributed by atoms with E-state index in [2.05, 4.69) is 26.3 Å². The van der Waals surface area contributed by atoms with Crippen LogP contribution in [0.2, 0.25) is 5.02 Å². The molecule has 3 aromatic rings. The molecule has 1 fully saturated rings. The zero-order chi connectivity index (χ0) is 20.8. The average molecular weight is 429 g/mol. The van der Waals surface area contributed by atoms with E-state index in [1.807, 2.05) is 18.2 Å². The first-order chi connectivity index (χ1) is 14.7. The molecule has 2 heterocycles. The number of rotatable bonds is 8. The molecule has 1 N–H and O–H groups in total. The smallest absolute Gasteiger partial charge is 0.151 e. The van der Waals surface area contributed by atoms with E-state index in [9.17, 15) is 4.39 Å². The third-order valence-electron chi connectivity index (χ3n) is 5.38. The second-order valence-corrected chi connectivity index (χ2v) is 7.93. The van der Waals surface area contributed by atoms with Crippen molar-refractivity contribution in [1.82, 2.24) is 15.4 Å². The molecule has 158 valence electrons. The van der Waals surface area contributed by atoms with Crippen molar-refractivity contribution in [3.8, 4) is 11.3 Å². The molecule has 0 saturated carbocycles. The molecule has 0 atom stereocenters. The second-order valence-electron chi connectivity index (χ2n) is 7.50. The van der Waals surface area contributed by atoms with E-state index in [4.69, 9.17) is 16.1 Å². The van der Waals surface area contributed by atoms with Crippen LogP contribution in [0.3, 0.4) is 0 Å². The van der Waals surface area contributed by atoms with Crippen LogP contribution in [0.5, 0.6) is 0 Å². The Balaban J connectivity index is 1.14. The second kappa shape index (κ2) is 10.1. The maximum Gasteiger partial charge on any atom is 0.151 e. The summed E-state index contributed by atoms with van der Waals surface area (Å²) in [5.41, 5.74) is 2.19. The van der Waals surface area contributed by atoms with E-state index < -0.39 is 0 Å². The first-order valence-corrected chi connectivity index (χ1v) is 10.7. The van der Waals surface area contributed by atoms with Crippen molar-refractivity contribution in [2.75, 3.05) is 44.2 Å². The highest BCUT2D eigenvalue weighted by Crippen LogP contribution is 2.22. The Kier molecular flexibility index (Phi) is 7.00. The molecular weight excluding hydrogens is 403 g/mol. The lowest BCUT2D eigenvalue weighted by Gasteiger charge is -2.36. The Morgan fingerprint density at radius 2 is 1.87 bits per heavy atom. The fourth-order valence-electron chi connectivity index (χ4n) is 3.73. The van der Waals surface area contributed by atoms with Crippen molar-refractivity contribution < 1.29 is 8.91 Å². The molecule has 0 aliphatic carbocycles. The van der Waals surface area contributed by atoms with Crippen molar-refractivity contribution in [2.24, 2.45) is 0 Å². The molecule has 4 rings (SSSR count). The molecule has 5 nitrogen and oxygen atoms in total. The SMILES string of the molecule is Fc1ccccc1-c1cc(CNCCCN2CCN(c3cccc(Cl)c3)CC2)on1. The van der Waals surface area contributed by atoms with Gasteiger partial charge in [-0.15, -0.1) is 0 Å². The van der Waals surface area contributed by atoms with Crippen LogP contribution < -0.4 is 10.2 Å². The van der Waals surface area contributed by atoms with Gasteiger partial charge in [-0.25, -0.2) is 4.39 Å². The van der Waals surface area contributed by atoms with E-state index in [1.165, 1.54) is 11.8 Å². The maximum atomic E-state index is 13.8. The molecule has 1 saturated heterocycles. The van der Waals surface area contributed by atoms with Gasteiger partial charge < -0.3 is 14.7 Å². The first kappa shape index (κ1) is 20.8. The summed E-state index contributed by atoms with van der Waals surface area (Å²) in [5.74, 6) is 0.421. The number of hydrogen-bond acceptors (Lipinski definition) is 5. The standard InChI is InChI=1S/C23H26ClFN4O/c24-18-5-3-6-19(15-18)29-13-11-28(12-14-29)10-4-9-26-17-20-16-23(27-30-20)21-7-1-2-8-22(21)25/h1-3,5-8,15-16,26H,4,9-14,17H2. The van der Waals surface area contributed by atoms with Gasteiger partial charge in [-0.05, 0) is 49.8 Å². The summed E-state index contributed by atoms with van der Waals surface area (Å²) in [6.45, 7) is 6.69. The molecule has 30 heavy (non-hydrogen) atoms. The third-order valence-corrected chi connectivity index (χ3v) is 5.62. The van der Waals surface area contributed by atoms with Gasteiger partial charge in [0.1, 0.15) is 11.5 Å². The quantitative estimate of drug-likeness (QED) is 0.537.